The first-order valence-electron chi connectivity index (χ1n) is 4.75. The van der Waals surface area contributed by atoms with Crippen LogP contribution in [0.1, 0.15) is 5.56 Å². The van der Waals surface area contributed by atoms with E-state index in [0.717, 1.165) is 6.07 Å². The quantitative estimate of drug-likeness (QED) is 0.761. The molecule has 2 rings (SSSR count). The van der Waals surface area contributed by atoms with Crippen LogP contribution in [0.4, 0.5) is 8.78 Å². The van der Waals surface area contributed by atoms with E-state index in [1.54, 1.807) is 18.3 Å². The van der Waals surface area contributed by atoms with Gasteiger partial charge in [0.1, 0.15) is 11.6 Å². The monoisotopic (exact) mass is 221 g/mol. The van der Waals surface area contributed by atoms with Crippen LogP contribution in [-0.2, 0) is 6.54 Å². The largest absolute Gasteiger partial charge is 0.311 e. The zero-order chi connectivity index (χ0) is 11.5. The third-order valence-electron chi connectivity index (χ3n) is 2.17. The molecule has 2 nitrogen and oxygen atoms in total. The minimum absolute atomic E-state index is 0.161. The Morgan fingerprint density at radius 3 is 2.38 bits per heavy atom. The summed E-state index contributed by atoms with van der Waals surface area (Å²) < 4.78 is 27.2. The molecule has 0 amide bonds. The molecule has 0 aliphatic rings. The van der Waals surface area contributed by atoms with E-state index in [-0.39, 0.29) is 12.1 Å². The van der Waals surface area contributed by atoms with Crippen molar-refractivity contribution in [1.29, 1.82) is 0 Å². The Morgan fingerprint density at radius 1 is 1.06 bits per heavy atom. The zero-order valence-corrected chi connectivity index (χ0v) is 8.36. The van der Waals surface area contributed by atoms with Crippen molar-refractivity contribution in [3.8, 4) is 0 Å². The van der Waals surface area contributed by atoms with Crippen molar-refractivity contribution < 1.29 is 8.78 Å². The minimum atomic E-state index is -0.640. The molecule has 0 saturated heterocycles. The molecule has 1 heterocycles. The summed E-state index contributed by atoms with van der Waals surface area (Å²) in [7, 11) is 0. The summed E-state index contributed by atoms with van der Waals surface area (Å²) in [6.45, 7) is 0.161. The Labute approximate surface area is 90.8 Å². The molecular weight excluding hydrogens is 212 g/mol. The topological polar surface area (TPSA) is 22.0 Å². The Balaban J connectivity index is 2.34. The molecule has 0 unspecified atom stereocenters. The summed E-state index contributed by atoms with van der Waals surface area (Å²) in [6, 6.07) is 7.93. The lowest BCUT2D eigenvalue weighted by Gasteiger charge is -2.05. The molecule has 0 bridgehead atoms. The summed E-state index contributed by atoms with van der Waals surface area (Å²) in [5.74, 6) is -1.28. The van der Waals surface area contributed by atoms with E-state index >= 15 is 0 Å². The average molecular weight is 221 g/mol. The molecule has 0 atom stereocenters. The Morgan fingerprint density at radius 2 is 1.75 bits per heavy atom. The van der Waals surface area contributed by atoms with Crippen LogP contribution in [0, 0.1) is 11.6 Å². The lowest BCUT2D eigenvalue weighted by atomic mass is 10.2. The van der Waals surface area contributed by atoms with Crippen LogP contribution in [0.3, 0.4) is 0 Å². The van der Waals surface area contributed by atoms with Crippen LogP contribution in [0.15, 0.2) is 47.4 Å². The minimum Gasteiger partial charge on any atom is -0.311 e. The second-order valence-corrected chi connectivity index (χ2v) is 3.44. The number of halogens is 2. The number of aromatic nitrogens is 1. The van der Waals surface area contributed by atoms with Crippen molar-refractivity contribution in [2.75, 3.05) is 0 Å². The number of nitrogens with zero attached hydrogens (tertiary/aromatic N) is 1. The number of hydrogen-bond acceptors (Lipinski definition) is 1. The second-order valence-electron chi connectivity index (χ2n) is 3.44. The lowest BCUT2D eigenvalue weighted by molar-refractivity contribution is 0.577. The van der Waals surface area contributed by atoms with Gasteiger partial charge in [0.2, 0.25) is 0 Å². The molecule has 1 aromatic heterocycles. The van der Waals surface area contributed by atoms with E-state index in [0.29, 0.717) is 5.56 Å². The highest BCUT2D eigenvalue weighted by Crippen LogP contribution is 2.08. The van der Waals surface area contributed by atoms with Crippen LogP contribution in [0.25, 0.3) is 0 Å². The van der Waals surface area contributed by atoms with Gasteiger partial charge < -0.3 is 4.57 Å². The van der Waals surface area contributed by atoms with E-state index in [2.05, 4.69) is 0 Å². The molecule has 0 radical (unpaired) electrons. The summed E-state index contributed by atoms with van der Waals surface area (Å²) >= 11 is 0. The van der Waals surface area contributed by atoms with Crippen molar-refractivity contribution in [2.24, 2.45) is 0 Å². The summed E-state index contributed by atoms with van der Waals surface area (Å²) in [4.78, 5) is 11.4. The number of pyridine rings is 1. The molecule has 2 aromatic rings. The second kappa shape index (κ2) is 4.26. The van der Waals surface area contributed by atoms with Gasteiger partial charge >= 0.3 is 0 Å². The molecule has 16 heavy (non-hydrogen) atoms. The Kier molecular flexibility index (Phi) is 2.81. The van der Waals surface area contributed by atoms with Gasteiger partial charge in [-0.1, -0.05) is 6.07 Å². The highest BCUT2D eigenvalue weighted by molar-refractivity contribution is 5.18. The predicted octanol–water partition coefficient (Wildman–Crippen LogP) is 2.17. The zero-order valence-electron chi connectivity index (χ0n) is 8.36. The van der Waals surface area contributed by atoms with Gasteiger partial charge in [-0.2, -0.15) is 0 Å². The first kappa shape index (κ1) is 10.5. The summed E-state index contributed by atoms with van der Waals surface area (Å²) in [6.07, 6.45) is 1.57. The van der Waals surface area contributed by atoms with Gasteiger partial charge in [-0.25, -0.2) is 8.78 Å². The van der Waals surface area contributed by atoms with E-state index in [9.17, 15) is 13.6 Å². The van der Waals surface area contributed by atoms with Crippen molar-refractivity contribution in [2.45, 2.75) is 6.54 Å². The molecule has 0 N–H and O–H groups in total. The molecule has 0 aliphatic carbocycles. The van der Waals surface area contributed by atoms with Gasteiger partial charge in [0.05, 0.1) is 6.54 Å². The van der Waals surface area contributed by atoms with Crippen LogP contribution in [-0.4, -0.2) is 4.57 Å². The summed E-state index contributed by atoms with van der Waals surface area (Å²) in [5.41, 5.74) is 0.220. The van der Waals surface area contributed by atoms with Gasteiger partial charge in [0.15, 0.2) is 0 Å². The number of rotatable bonds is 2. The maximum Gasteiger partial charge on any atom is 0.250 e. The summed E-state index contributed by atoms with van der Waals surface area (Å²) in [5, 5.41) is 0. The smallest absolute Gasteiger partial charge is 0.250 e. The van der Waals surface area contributed by atoms with Crippen molar-refractivity contribution in [3.05, 3.63) is 70.1 Å². The maximum atomic E-state index is 12.9. The Bertz CT molecular complexity index is 543. The highest BCUT2D eigenvalue weighted by atomic mass is 19.1. The molecule has 82 valence electrons. The van der Waals surface area contributed by atoms with Crippen LogP contribution >= 0.6 is 0 Å². The molecular formula is C12H9F2NO. The number of benzene rings is 1. The van der Waals surface area contributed by atoms with Crippen molar-refractivity contribution in [3.63, 3.8) is 0 Å². The normalized spacial score (nSPS) is 10.4. The first-order chi connectivity index (χ1) is 7.65. The third-order valence-corrected chi connectivity index (χ3v) is 2.17. The van der Waals surface area contributed by atoms with E-state index < -0.39 is 11.6 Å². The molecule has 1 aromatic carbocycles. The van der Waals surface area contributed by atoms with Gasteiger partial charge in [0.25, 0.3) is 5.56 Å². The molecule has 0 aliphatic heterocycles. The van der Waals surface area contributed by atoms with Crippen LogP contribution in [0.5, 0.6) is 0 Å². The van der Waals surface area contributed by atoms with Crippen molar-refractivity contribution >= 4 is 0 Å². The molecule has 4 heteroatoms. The maximum absolute atomic E-state index is 12.9. The fourth-order valence-corrected chi connectivity index (χ4v) is 1.49. The first-order valence-corrected chi connectivity index (χ1v) is 4.75. The lowest BCUT2D eigenvalue weighted by Crippen LogP contribution is -2.18. The molecule has 0 spiro atoms. The fraction of sp³-hybridized carbons (Fsp3) is 0.0833. The van der Waals surface area contributed by atoms with Gasteiger partial charge in [0, 0.05) is 18.3 Å². The van der Waals surface area contributed by atoms with E-state index in [1.807, 2.05) is 0 Å². The third kappa shape index (κ3) is 2.34. The number of hydrogen-bond donors (Lipinski definition) is 0. The standard InChI is InChI=1S/C12H9F2NO/c13-10-5-9(6-11(14)7-10)8-15-4-2-1-3-12(15)16/h1-7H,8H2. The van der Waals surface area contributed by atoms with Crippen molar-refractivity contribution in [1.82, 2.24) is 4.57 Å². The average Bonchev–Trinajstić information content (AvgIpc) is 2.20. The molecule has 0 saturated carbocycles. The van der Waals surface area contributed by atoms with Gasteiger partial charge in [-0.3, -0.25) is 4.79 Å². The van der Waals surface area contributed by atoms with Gasteiger partial charge in [-0.05, 0) is 23.8 Å². The predicted molar refractivity (Wildman–Crippen MR) is 56.2 cm³/mol. The SMILES string of the molecule is O=c1ccccn1Cc1cc(F)cc(F)c1. The highest BCUT2D eigenvalue weighted by Gasteiger charge is 2.02. The fourth-order valence-electron chi connectivity index (χ4n) is 1.49. The van der Waals surface area contributed by atoms with Gasteiger partial charge in [-0.15, -0.1) is 0 Å². The van der Waals surface area contributed by atoms with E-state index in [1.165, 1.54) is 22.8 Å². The molecule has 0 fully saturated rings. The Hall–Kier alpha value is -1.97. The van der Waals surface area contributed by atoms with Crippen LogP contribution in [0.2, 0.25) is 0 Å². The van der Waals surface area contributed by atoms with E-state index in [4.69, 9.17) is 0 Å². The van der Waals surface area contributed by atoms with Crippen LogP contribution < -0.4 is 5.56 Å².